The normalized spacial score (nSPS) is 21.1. The van der Waals surface area contributed by atoms with E-state index >= 15 is 0 Å². The lowest BCUT2D eigenvalue weighted by Crippen LogP contribution is -2.26. The number of hydrogen-bond acceptors (Lipinski definition) is 3. The highest BCUT2D eigenvalue weighted by Crippen LogP contribution is 2.26. The fraction of sp³-hybridized carbons (Fsp3) is 0.333. The maximum atomic E-state index is 11.5. The van der Waals surface area contributed by atoms with Crippen molar-refractivity contribution in [2.24, 2.45) is 0 Å². The lowest BCUT2D eigenvalue weighted by atomic mass is 10.3. The Balaban J connectivity index is 2.30. The second kappa shape index (κ2) is 4.19. The van der Waals surface area contributed by atoms with Gasteiger partial charge in [-0.05, 0) is 44.0 Å². The fourth-order valence-electron chi connectivity index (χ4n) is 1.47. The van der Waals surface area contributed by atoms with Gasteiger partial charge in [0.1, 0.15) is 10.4 Å². The van der Waals surface area contributed by atoms with Gasteiger partial charge in [-0.3, -0.25) is 9.69 Å². The number of carbonyl (C=O) groups excluding carboxylic acids is 1. The van der Waals surface area contributed by atoms with Gasteiger partial charge in [-0.15, -0.1) is 0 Å². The summed E-state index contributed by atoms with van der Waals surface area (Å²) in [5.41, 5.74) is 0. The third-order valence-electron chi connectivity index (χ3n) is 2.17. The van der Waals surface area contributed by atoms with Gasteiger partial charge < -0.3 is 5.11 Å². The Bertz CT molecular complexity index is 411. The molecule has 0 radical (unpaired) electrons. The van der Waals surface area contributed by atoms with E-state index in [-0.39, 0.29) is 12.3 Å². The van der Waals surface area contributed by atoms with Crippen molar-refractivity contribution in [3.63, 3.8) is 0 Å². The summed E-state index contributed by atoms with van der Waals surface area (Å²) >= 11 is 6.57. The maximum Gasteiger partial charge on any atom is 0.230 e. The summed E-state index contributed by atoms with van der Waals surface area (Å²) < 4.78 is 1.48. The highest BCUT2D eigenvalue weighted by molar-refractivity contribution is 9.13. The molecule has 80 valence electrons. The molecule has 0 aliphatic carbocycles. The Morgan fingerprint density at radius 1 is 1.47 bits per heavy atom. The molecule has 1 aromatic heterocycles. The van der Waals surface area contributed by atoms with Crippen molar-refractivity contribution < 1.29 is 9.90 Å². The number of hydrogen-bond donors (Lipinski definition) is 1. The molecule has 1 aromatic rings. The van der Waals surface area contributed by atoms with Crippen LogP contribution in [0.4, 0.5) is 5.82 Å². The number of pyridine rings is 1. The van der Waals surface area contributed by atoms with E-state index in [0.29, 0.717) is 17.0 Å². The van der Waals surface area contributed by atoms with Crippen LogP contribution in [0, 0.1) is 0 Å². The molecule has 0 saturated carbocycles. The molecule has 1 amide bonds. The molecule has 0 spiro atoms. The standard InChI is InChI=1S/C9H8Br2N2O2/c10-6-1-2-7(12-9(6)11)13-4-5(14)3-8(13)15/h1-2,5,14H,3-4H2. The zero-order valence-corrected chi connectivity index (χ0v) is 10.8. The van der Waals surface area contributed by atoms with Crippen molar-refractivity contribution in [1.82, 2.24) is 4.98 Å². The molecule has 1 N–H and O–H groups in total. The molecule has 1 atom stereocenters. The van der Waals surface area contributed by atoms with Gasteiger partial charge in [-0.2, -0.15) is 0 Å². The van der Waals surface area contributed by atoms with Crippen molar-refractivity contribution >= 4 is 43.6 Å². The number of anilines is 1. The van der Waals surface area contributed by atoms with E-state index in [4.69, 9.17) is 0 Å². The van der Waals surface area contributed by atoms with Gasteiger partial charge in [0.05, 0.1) is 23.5 Å². The molecular weight excluding hydrogens is 328 g/mol. The lowest BCUT2D eigenvalue weighted by Gasteiger charge is -2.14. The van der Waals surface area contributed by atoms with Gasteiger partial charge in [0.2, 0.25) is 5.91 Å². The average Bonchev–Trinajstić information content (AvgIpc) is 2.50. The molecule has 2 heterocycles. The lowest BCUT2D eigenvalue weighted by molar-refractivity contribution is -0.117. The molecule has 0 aromatic carbocycles. The highest BCUT2D eigenvalue weighted by Gasteiger charge is 2.29. The molecule has 1 aliphatic heterocycles. The predicted molar refractivity (Wildman–Crippen MR) is 62.6 cm³/mol. The molecular formula is C9H8Br2N2O2. The van der Waals surface area contributed by atoms with Crippen LogP contribution in [0.25, 0.3) is 0 Å². The Kier molecular flexibility index (Phi) is 3.08. The first kappa shape index (κ1) is 11.0. The van der Waals surface area contributed by atoms with E-state index in [0.717, 1.165) is 4.47 Å². The molecule has 2 rings (SSSR count). The molecule has 1 aliphatic rings. The van der Waals surface area contributed by atoms with Gasteiger partial charge in [-0.1, -0.05) is 0 Å². The summed E-state index contributed by atoms with van der Waals surface area (Å²) in [6, 6.07) is 3.55. The van der Waals surface area contributed by atoms with Crippen molar-refractivity contribution in [2.75, 3.05) is 11.4 Å². The molecule has 0 bridgehead atoms. The molecule has 6 heteroatoms. The summed E-state index contributed by atoms with van der Waals surface area (Å²) in [6.07, 6.45) is -0.406. The van der Waals surface area contributed by atoms with E-state index in [1.54, 1.807) is 6.07 Å². The third kappa shape index (κ3) is 2.21. The number of β-amino-alcohol motifs (C(OH)–C–C–N with tert-alkyl or cyclic N) is 1. The zero-order chi connectivity index (χ0) is 11.0. The van der Waals surface area contributed by atoms with Gasteiger partial charge in [0.15, 0.2) is 0 Å². The van der Waals surface area contributed by atoms with Crippen LogP contribution < -0.4 is 4.90 Å². The minimum atomic E-state index is -0.582. The molecule has 1 unspecified atom stereocenters. The number of halogens is 2. The number of aliphatic hydroxyl groups excluding tert-OH is 1. The first-order valence-corrected chi connectivity index (χ1v) is 5.97. The minimum absolute atomic E-state index is 0.0933. The molecule has 1 saturated heterocycles. The second-order valence-corrected chi connectivity index (χ2v) is 4.91. The number of rotatable bonds is 1. The number of carbonyl (C=O) groups is 1. The average molecular weight is 336 g/mol. The fourth-order valence-corrected chi connectivity index (χ4v) is 2.00. The van der Waals surface area contributed by atoms with E-state index in [1.165, 1.54) is 4.90 Å². The second-order valence-electron chi connectivity index (χ2n) is 3.30. The van der Waals surface area contributed by atoms with Crippen LogP contribution >= 0.6 is 31.9 Å². The zero-order valence-electron chi connectivity index (χ0n) is 7.65. The Hall–Kier alpha value is -0.460. The van der Waals surface area contributed by atoms with Crippen molar-refractivity contribution in [3.8, 4) is 0 Å². The van der Waals surface area contributed by atoms with E-state index < -0.39 is 6.10 Å². The monoisotopic (exact) mass is 334 g/mol. The number of amides is 1. The van der Waals surface area contributed by atoms with Gasteiger partial charge in [-0.25, -0.2) is 4.98 Å². The molecule has 1 fully saturated rings. The van der Waals surface area contributed by atoms with Crippen LogP contribution in [0.3, 0.4) is 0 Å². The number of aliphatic hydroxyl groups is 1. The Morgan fingerprint density at radius 3 is 2.73 bits per heavy atom. The van der Waals surface area contributed by atoms with Crippen molar-refractivity contribution in [3.05, 3.63) is 21.2 Å². The molecule has 15 heavy (non-hydrogen) atoms. The predicted octanol–water partition coefficient (Wildman–Crippen LogP) is 1.70. The van der Waals surface area contributed by atoms with Gasteiger partial charge >= 0.3 is 0 Å². The summed E-state index contributed by atoms with van der Waals surface area (Å²) in [6.45, 7) is 0.319. The topological polar surface area (TPSA) is 53.4 Å². The van der Waals surface area contributed by atoms with Crippen LogP contribution in [-0.2, 0) is 4.79 Å². The van der Waals surface area contributed by atoms with E-state index in [1.807, 2.05) is 6.07 Å². The van der Waals surface area contributed by atoms with Crippen LogP contribution in [0.2, 0.25) is 0 Å². The highest BCUT2D eigenvalue weighted by atomic mass is 79.9. The van der Waals surface area contributed by atoms with Crippen LogP contribution in [0.15, 0.2) is 21.2 Å². The summed E-state index contributed by atoms with van der Waals surface area (Å²) in [7, 11) is 0. The van der Waals surface area contributed by atoms with Crippen molar-refractivity contribution in [2.45, 2.75) is 12.5 Å². The van der Waals surface area contributed by atoms with Gasteiger partial charge in [0, 0.05) is 0 Å². The SMILES string of the molecule is O=C1CC(O)CN1c1ccc(Br)c(Br)n1. The Labute approximate surface area is 104 Å². The molecule has 4 nitrogen and oxygen atoms in total. The number of nitrogens with zero attached hydrogens (tertiary/aromatic N) is 2. The van der Waals surface area contributed by atoms with Crippen molar-refractivity contribution in [1.29, 1.82) is 0 Å². The summed E-state index contributed by atoms with van der Waals surface area (Å²) in [5.74, 6) is 0.468. The van der Waals surface area contributed by atoms with E-state index in [2.05, 4.69) is 36.8 Å². The Morgan fingerprint density at radius 2 is 2.20 bits per heavy atom. The smallest absolute Gasteiger partial charge is 0.230 e. The number of aromatic nitrogens is 1. The largest absolute Gasteiger partial charge is 0.391 e. The third-order valence-corrected chi connectivity index (χ3v) is 3.95. The summed E-state index contributed by atoms with van der Waals surface area (Å²) in [5, 5.41) is 9.34. The first-order chi connectivity index (χ1) is 7.08. The minimum Gasteiger partial charge on any atom is -0.391 e. The first-order valence-electron chi connectivity index (χ1n) is 4.38. The van der Waals surface area contributed by atoms with Crippen LogP contribution in [0.1, 0.15) is 6.42 Å². The quantitative estimate of drug-likeness (QED) is 0.795. The van der Waals surface area contributed by atoms with Crippen LogP contribution in [-0.4, -0.2) is 28.6 Å². The van der Waals surface area contributed by atoms with Crippen LogP contribution in [0.5, 0.6) is 0 Å². The van der Waals surface area contributed by atoms with E-state index in [9.17, 15) is 9.90 Å². The van der Waals surface area contributed by atoms with Gasteiger partial charge in [0.25, 0.3) is 0 Å². The summed E-state index contributed by atoms with van der Waals surface area (Å²) in [4.78, 5) is 17.2. The maximum absolute atomic E-state index is 11.5.